The molecule has 0 spiro atoms. The predicted octanol–water partition coefficient (Wildman–Crippen LogP) is 4.51. The summed E-state index contributed by atoms with van der Waals surface area (Å²) in [5, 5.41) is 14.1. The van der Waals surface area contributed by atoms with E-state index in [-0.39, 0.29) is 16.7 Å². The minimum atomic E-state index is -4.08. The zero-order chi connectivity index (χ0) is 23.9. The fourth-order valence-electron chi connectivity index (χ4n) is 4.18. The first-order valence-electron chi connectivity index (χ1n) is 10.5. The number of hydrogen-bond donors (Lipinski definition) is 3. The zero-order valence-electron chi connectivity index (χ0n) is 18.2. The highest BCUT2D eigenvalue weighted by molar-refractivity contribution is 7.91. The Kier molecular flexibility index (Phi) is 6.41. The van der Waals surface area contributed by atoms with Crippen LogP contribution in [0.4, 0.5) is 0 Å². The van der Waals surface area contributed by atoms with Gasteiger partial charge in [-0.15, -0.1) is 11.3 Å². The summed E-state index contributed by atoms with van der Waals surface area (Å²) in [6.45, 7) is 4.28. The SMILES string of the molecule is CC(C)NC[C@@]1(c2ccccc2)CC1(NS(=O)(=O)c1ccc(-c2ccc(Cl)cc2)s1)C(=O)O. The number of hydrogen-bond acceptors (Lipinski definition) is 5. The average Bonchev–Trinajstić information content (AvgIpc) is 3.15. The van der Waals surface area contributed by atoms with Crippen LogP contribution >= 0.6 is 22.9 Å². The highest BCUT2D eigenvalue weighted by Gasteiger charge is 2.74. The summed E-state index contributed by atoms with van der Waals surface area (Å²) < 4.78 is 29.3. The number of carboxylic acids is 1. The molecular weight excluding hydrogens is 480 g/mol. The fraction of sp³-hybridized carbons (Fsp3) is 0.292. The van der Waals surface area contributed by atoms with Gasteiger partial charge in [0.25, 0.3) is 10.0 Å². The van der Waals surface area contributed by atoms with Crippen LogP contribution in [-0.4, -0.2) is 37.6 Å². The van der Waals surface area contributed by atoms with E-state index in [4.69, 9.17) is 11.6 Å². The first-order valence-corrected chi connectivity index (χ1v) is 13.2. The lowest BCUT2D eigenvalue weighted by atomic mass is 9.90. The van der Waals surface area contributed by atoms with Crippen molar-refractivity contribution >= 4 is 38.9 Å². The summed E-state index contributed by atoms with van der Waals surface area (Å²) >= 11 is 7.04. The Labute approximate surface area is 202 Å². The topological polar surface area (TPSA) is 95.5 Å². The van der Waals surface area contributed by atoms with Crippen LogP contribution in [0.3, 0.4) is 0 Å². The lowest BCUT2D eigenvalue weighted by Gasteiger charge is -2.25. The molecule has 0 bridgehead atoms. The molecule has 9 heteroatoms. The number of carboxylic acid groups (broad SMARTS) is 1. The third kappa shape index (κ3) is 4.46. The summed E-state index contributed by atoms with van der Waals surface area (Å²) in [6.07, 6.45) is 0.160. The Balaban J connectivity index is 1.68. The molecule has 1 unspecified atom stereocenters. The molecule has 1 aliphatic carbocycles. The van der Waals surface area contributed by atoms with Crippen LogP contribution in [0.1, 0.15) is 25.8 Å². The molecule has 0 saturated heterocycles. The molecule has 0 aliphatic heterocycles. The highest BCUT2D eigenvalue weighted by Crippen LogP contribution is 2.58. The number of halogens is 1. The van der Waals surface area contributed by atoms with E-state index in [2.05, 4.69) is 10.0 Å². The van der Waals surface area contributed by atoms with Crippen molar-refractivity contribution in [1.82, 2.24) is 10.0 Å². The van der Waals surface area contributed by atoms with Gasteiger partial charge in [-0.2, -0.15) is 4.72 Å². The number of carbonyl (C=O) groups is 1. The van der Waals surface area contributed by atoms with Crippen molar-refractivity contribution in [3.63, 3.8) is 0 Å². The zero-order valence-corrected chi connectivity index (χ0v) is 20.6. The van der Waals surface area contributed by atoms with Gasteiger partial charge in [0.05, 0.1) is 0 Å². The van der Waals surface area contributed by atoms with Crippen molar-refractivity contribution in [2.75, 3.05) is 6.54 Å². The van der Waals surface area contributed by atoms with Crippen molar-refractivity contribution in [3.05, 3.63) is 77.3 Å². The largest absolute Gasteiger partial charge is 0.480 e. The molecule has 4 rings (SSSR count). The molecule has 1 aliphatic rings. The highest BCUT2D eigenvalue weighted by atomic mass is 35.5. The first-order chi connectivity index (χ1) is 15.6. The van der Waals surface area contributed by atoms with Gasteiger partial charge in [-0.3, -0.25) is 4.79 Å². The Hall–Kier alpha value is -2.23. The van der Waals surface area contributed by atoms with E-state index in [0.717, 1.165) is 27.3 Å². The molecule has 6 nitrogen and oxygen atoms in total. The van der Waals surface area contributed by atoms with Crippen molar-refractivity contribution in [2.45, 2.75) is 41.5 Å². The lowest BCUT2D eigenvalue weighted by Crippen LogP contribution is -2.51. The molecule has 1 aromatic heterocycles. The van der Waals surface area contributed by atoms with E-state index in [0.29, 0.717) is 11.6 Å². The summed E-state index contributed by atoms with van der Waals surface area (Å²) in [7, 11) is -4.08. The van der Waals surface area contributed by atoms with Gasteiger partial charge in [0.2, 0.25) is 0 Å². The van der Waals surface area contributed by atoms with Gasteiger partial charge in [-0.1, -0.05) is 67.9 Å². The van der Waals surface area contributed by atoms with Crippen molar-refractivity contribution < 1.29 is 18.3 Å². The Morgan fingerprint density at radius 3 is 2.36 bits per heavy atom. The molecule has 174 valence electrons. The lowest BCUT2D eigenvalue weighted by molar-refractivity contribution is -0.140. The van der Waals surface area contributed by atoms with E-state index in [1.165, 1.54) is 6.07 Å². The van der Waals surface area contributed by atoms with Crippen LogP contribution < -0.4 is 10.0 Å². The van der Waals surface area contributed by atoms with Crippen LogP contribution in [0.25, 0.3) is 10.4 Å². The van der Waals surface area contributed by atoms with Crippen LogP contribution in [0.2, 0.25) is 5.02 Å². The summed E-state index contributed by atoms with van der Waals surface area (Å²) in [6, 6.07) is 19.7. The van der Waals surface area contributed by atoms with E-state index in [1.54, 1.807) is 18.2 Å². The van der Waals surface area contributed by atoms with Crippen LogP contribution in [0.15, 0.2) is 70.9 Å². The second-order valence-corrected chi connectivity index (χ2v) is 12.0. The Bertz CT molecular complexity index is 1260. The number of benzene rings is 2. The molecule has 2 atom stereocenters. The van der Waals surface area contributed by atoms with Gasteiger partial charge < -0.3 is 10.4 Å². The average molecular weight is 505 g/mol. The number of sulfonamides is 1. The summed E-state index contributed by atoms with van der Waals surface area (Å²) in [5.41, 5.74) is -0.908. The first kappa shape index (κ1) is 23.9. The molecule has 3 aromatic rings. The van der Waals surface area contributed by atoms with Crippen molar-refractivity contribution in [1.29, 1.82) is 0 Å². The Morgan fingerprint density at radius 1 is 1.09 bits per heavy atom. The smallest absolute Gasteiger partial charge is 0.325 e. The Morgan fingerprint density at radius 2 is 1.76 bits per heavy atom. The molecule has 0 amide bonds. The molecule has 1 fully saturated rings. The third-order valence-electron chi connectivity index (χ3n) is 6.05. The molecule has 0 radical (unpaired) electrons. The van der Waals surface area contributed by atoms with Gasteiger partial charge in [-0.25, -0.2) is 8.42 Å². The van der Waals surface area contributed by atoms with Crippen LogP contribution in [0.5, 0.6) is 0 Å². The van der Waals surface area contributed by atoms with Gasteiger partial charge in [0.15, 0.2) is 0 Å². The standard InChI is InChI=1S/C24H25ClN2O4S2/c1-16(2)26-15-23(18-6-4-3-5-7-18)14-24(23,22(28)29)27-33(30,31)21-13-12-20(32-21)17-8-10-19(25)11-9-17/h3-13,16,26-27H,14-15H2,1-2H3,(H,28,29)/t23-,24?/m1/s1. The molecule has 2 aromatic carbocycles. The molecule has 3 N–H and O–H groups in total. The minimum Gasteiger partial charge on any atom is -0.480 e. The van der Waals surface area contributed by atoms with E-state index < -0.39 is 26.9 Å². The third-order valence-corrected chi connectivity index (χ3v) is 9.42. The van der Waals surface area contributed by atoms with Crippen molar-refractivity contribution in [3.8, 4) is 10.4 Å². The number of thiophene rings is 1. The van der Waals surface area contributed by atoms with Crippen molar-refractivity contribution in [2.24, 2.45) is 0 Å². The predicted molar refractivity (Wildman–Crippen MR) is 131 cm³/mol. The van der Waals surface area contributed by atoms with Crippen LogP contribution in [-0.2, 0) is 20.2 Å². The maximum Gasteiger partial charge on any atom is 0.325 e. The molecular formula is C24H25ClN2O4S2. The van der Waals surface area contributed by atoms with E-state index >= 15 is 0 Å². The van der Waals surface area contributed by atoms with E-state index in [1.807, 2.05) is 56.3 Å². The summed E-state index contributed by atoms with van der Waals surface area (Å²) in [5.74, 6) is -1.19. The van der Waals surface area contributed by atoms with Crippen LogP contribution in [0, 0.1) is 0 Å². The maximum atomic E-state index is 13.3. The maximum absolute atomic E-state index is 13.3. The van der Waals surface area contributed by atoms with Gasteiger partial charge in [0.1, 0.15) is 9.75 Å². The quantitative estimate of drug-likeness (QED) is 0.398. The minimum absolute atomic E-state index is 0.0683. The van der Waals surface area contributed by atoms with E-state index in [9.17, 15) is 18.3 Å². The molecule has 1 saturated carbocycles. The van der Waals surface area contributed by atoms with Gasteiger partial charge in [-0.05, 0) is 41.8 Å². The molecule has 1 heterocycles. The monoisotopic (exact) mass is 504 g/mol. The normalized spacial score (nSPS) is 22.4. The van der Waals surface area contributed by atoms with Gasteiger partial charge in [0, 0.05) is 27.9 Å². The van der Waals surface area contributed by atoms with Gasteiger partial charge >= 0.3 is 5.97 Å². The second-order valence-electron chi connectivity index (χ2n) is 8.60. The number of aliphatic carboxylic acids is 1. The summed E-state index contributed by atoms with van der Waals surface area (Å²) in [4.78, 5) is 13.3. The second kappa shape index (κ2) is 8.85. The molecule has 33 heavy (non-hydrogen) atoms. The fourth-order valence-corrected chi connectivity index (χ4v) is 7.04. The number of nitrogens with one attached hydrogen (secondary N) is 2. The number of rotatable bonds is 9.